The summed E-state index contributed by atoms with van der Waals surface area (Å²) in [4.78, 5) is 6.69. The van der Waals surface area contributed by atoms with Gasteiger partial charge in [-0.1, -0.05) is 48.0 Å². The van der Waals surface area contributed by atoms with Gasteiger partial charge >= 0.3 is 0 Å². The number of nitrogens with one attached hydrogen (secondary N) is 2. The first-order valence-corrected chi connectivity index (χ1v) is 11.7. The fourth-order valence-electron chi connectivity index (χ4n) is 3.29. The van der Waals surface area contributed by atoms with E-state index in [9.17, 15) is 8.42 Å². The van der Waals surface area contributed by atoms with E-state index in [0.29, 0.717) is 47.6 Å². The number of nitrogens with zero attached hydrogens (tertiary/aromatic N) is 3. The minimum absolute atomic E-state index is 0.337. The molecule has 1 heterocycles. The van der Waals surface area contributed by atoms with E-state index in [2.05, 4.69) is 20.5 Å². The van der Waals surface area contributed by atoms with Crippen LogP contribution in [0.15, 0.2) is 58.4 Å². The van der Waals surface area contributed by atoms with Crippen LogP contribution >= 0.6 is 11.6 Å². The molecule has 0 unspecified atom stereocenters. The van der Waals surface area contributed by atoms with Gasteiger partial charge in [-0.3, -0.25) is 4.99 Å². The summed E-state index contributed by atoms with van der Waals surface area (Å²) in [5.74, 6) is 0.571. The van der Waals surface area contributed by atoms with Crippen LogP contribution in [0.5, 0.6) is 0 Å². The molecule has 162 valence electrons. The maximum absolute atomic E-state index is 13.2. The van der Waals surface area contributed by atoms with Crippen LogP contribution in [0.3, 0.4) is 0 Å². The van der Waals surface area contributed by atoms with Gasteiger partial charge in [0.25, 0.3) is 0 Å². The summed E-state index contributed by atoms with van der Waals surface area (Å²) in [6.07, 6.45) is 0. The van der Waals surface area contributed by atoms with Gasteiger partial charge in [-0.2, -0.15) is 4.31 Å². The van der Waals surface area contributed by atoms with Gasteiger partial charge in [0.1, 0.15) is 0 Å². The van der Waals surface area contributed by atoms with E-state index in [0.717, 1.165) is 18.7 Å². The summed E-state index contributed by atoms with van der Waals surface area (Å²) in [6, 6.07) is 14.7. The van der Waals surface area contributed by atoms with Gasteiger partial charge in [-0.25, -0.2) is 8.42 Å². The van der Waals surface area contributed by atoms with Crippen LogP contribution in [-0.2, 0) is 23.1 Å². The Bertz CT molecular complexity index is 988. The van der Waals surface area contributed by atoms with Gasteiger partial charge in [0.2, 0.25) is 10.0 Å². The fourth-order valence-corrected chi connectivity index (χ4v) is 5.14. The summed E-state index contributed by atoms with van der Waals surface area (Å²) in [6.45, 7) is 3.33. The Morgan fingerprint density at radius 3 is 2.17 bits per heavy atom. The number of halogens is 1. The maximum Gasteiger partial charge on any atom is 0.243 e. The third-order valence-electron chi connectivity index (χ3n) is 5.13. The molecule has 0 spiro atoms. The van der Waals surface area contributed by atoms with Crippen LogP contribution in [0.4, 0.5) is 0 Å². The first-order valence-electron chi connectivity index (χ1n) is 9.86. The minimum Gasteiger partial charge on any atom is -0.352 e. The van der Waals surface area contributed by atoms with Crippen molar-refractivity contribution in [3.05, 3.63) is 64.7 Å². The fraction of sp³-hybridized carbons (Fsp3) is 0.381. The predicted octanol–water partition coefficient (Wildman–Crippen LogP) is 2.14. The Balaban J connectivity index is 1.67. The molecule has 0 aliphatic carbocycles. The summed E-state index contributed by atoms with van der Waals surface area (Å²) >= 11 is 6.20. The second kappa shape index (κ2) is 10.3. The number of hydrogen-bond donors (Lipinski definition) is 2. The van der Waals surface area contributed by atoms with E-state index in [-0.39, 0.29) is 0 Å². The summed E-state index contributed by atoms with van der Waals surface area (Å²) in [5.41, 5.74) is 1.66. The molecule has 2 aromatic carbocycles. The van der Waals surface area contributed by atoms with Gasteiger partial charge in [0, 0.05) is 51.3 Å². The van der Waals surface area contributed by atoms with Crippen LogP contribution in [0.1, 0.15) is 11.1 Å². The second-order valence-corrected chi connectivity index (χ2v) is 9.50. The first kappa shape index (κ1) is 22.6. The van der Waals surface area contributed by atoms with E-state index in [4.69, 9.17) is 11.6 Å². The number of likely N-dealkylation sites (N-methyl/N-ethyl adjacent to an activating group) is 1. The lowest BCUT2D eigenvalue weighted by Gasteiger charge is -2.32. The Hall–Kier alpha value is -2.13. The summed E-state index contributed by atoms with van der Waals surface area (Å²) in [7, 11) is 0.136. The zero-order valence-corrected chi connectivity index (χ0v) is 18.9. The third-order valence-corrected chi connectivity index (χ3v) is 7.49. The van der Waals surface area contributed by atoms with Crippen LogP contribution in [-0.4, -0.2) is 63.9 Å². The van der Waals surface area contributed by atoms with E-state index in [1.165, 1.54) is 0 Å². The lowest BCUT2D eigenvalue weighted by atomic mass is 10.2. The maximum atomic E-state index is 13.2. The van der Waals surface area contributed by atoms with Crippen molar-refractivity contribution in [2.24, 2.45) is 4.99 Å². The highest BCUT2D eigenvalue weighted by atomic mass is 35.5. The largest absolute Gasteiger partial charge is 0.352 e. The van der Waals surface area contributed by atoms with Crippen molar-refractivity contribution in [3.63, 3.8) is 0 Å². The number of rotatable bonds is 6. The topological polar surface area (TPSA) is 77.0 Å². The lowest BCUT2D eigenvalue weighted by molar-refractivity contribution is 0.222. The van der Waals surface area contributed by atoms with E-state index in [1.807, 2.05) is 43.4 Å². The van der Waals surface area contributed by atoms with Gasteiger partial charge in [-0.15, -0.1) is 0 Å². The molecule has 1 fully saturated rings. The molecule has 1 aliphatic heterocycles. The molecule has 1 saturated heterocycles. The van der Waals surface area contributed by atoms with Crippen LogP contribution < -0.4 is 10.6 Å². The molecule has 1 aliphatic rings. The van der Waals surface area contributed by atoms with E-state index >= 15 is 0 Å². The number of guanidine groups is 1. The van der Waals surface area contributed by atoms with Crippen molar-refractivity contribution in [2.45, 2.75) is 18.0 Å². The molecule has 2 aromatic rings. The van der Waals surface area contributed by atoms with Crippen LogP contribution in [0.25, 0.3) is 0 Å². The Morgan fingerprint density at radius 1 is 0.967 bits per heavy atom. The van der Waals surface area contributed by atoms with Gasteiger partial charge < -0.3 is 15.5 Å². The van der Waals surface area contributed by atoms with Crippen molar-refractivity contribution in [1.29, 1.82) is 0 Å². The number of piperazine rings is 1. The Morgan fingerprint density at radius 2 is 1.53 bits per heavy atom. The van der Waals surface area contributed by atoms with Crippen molar-refractivity contribution in [1.82, 2.24) is 19.8 Å². The van der Waals surface area contributed by atoms with Crippen LogP contribution in [0, 0.1) is 0 Å². The third kappa shape index (κ3) is 5.51. The first-order chi connectivity index (χ1) is 14.4. The van der Waals surface area contributed by atoms with E-state index in [1.54, 1.807) is 23.5 Å². The zero-order valence-electron chi connectivity index (χ0n) is 17.3. The highest BCUT2D eigenvalue weighted by Crippen LogP contribution is 2.21. The molecule has 7 nitrogen and oxygen atoms in total. The summed E-state index contributed by atoms with van der Waals surface area (Å²) in [5, 5.41) is 7.10. The second-order valence-electron chi connectivity index (χ2n) is 7.19. The van der Waals surface area contributed by atoms with Gasteiger partial charge in [-0.05, 0) is 30.3 Å². The number of benzene rings is 2. The molecule has 0 aromatic heterocycles. The average Bonchev–Trinajstić information content (AvgIpc) is 2.75. The highest BCUT2D eigenvalue weighted by Gasteiger charge is 2.29. The average molecular weight is 450 g/mol. The molecule has 2 N–H and O–H groups in total. The molecular weight excluding hydrogens is 422 g/mol. The molecule has 30 heavy (non-hydrogen) atoms. The predicted molar refractivity (Wildman–Crippen MR) is 121 cm³/mol. The lowest BCUT2D eigenvalue weighted by Crippen LogP contribution is -2.47. The SMILES string of the molecule is CN=C(NCc1ccccc1Cl)NCc1ccccc1S(=O)(=O)N1CCN(C)CC1. The molecule has 0 saturated carbocycles. The number of aliphatic imine (C=N–C) groups is 1. The summed E-state index contributed by atoms with van der Waals surface area (Å²) < 4.78 is 28.0. The molecule has 0 bridgehead atoms. The van der Waals surface area contributed by atoms with E-state index < -0.39 is 10.0 Å². The zero-order chi connectivity index (χ0) is 21.6. The monoisotopic (exact) mass is 449 g/mol. The van der Waals surface area contributed by atoms with Crippen molar-refractivity contribution in [2.75, 3.05) is 40.3 Å². The minimum atomic E-state index is -3.54. The molecule has 0 radical (unpaired) electrons. The van der Waals surface area contributed by atoms with Crippen molar-refractivity contribution < 1.29 is 8.42 Å². The highest BCUT2D eigenvalue weighted by molar-refractivity contribution is 7.89. The molecule has 9 heteroatoms. The normalized spacial score (nSPS) is 16.4. The van der Waals surface area contributed by atoms with Crippen molar-refractivity contribution in [3.8, 4) is 0 Å². The smallest absolute Gasteiger partial charge is 0.243 e. The number of hydrogen-bond acceptors (Lipinski definition) is 4. The van der Waals surface area contributed by atoms with Crippen LogP contribution in [0.2, 0.25) is 5.02 Å². The molecular formula is C21H28ClN5O2S. The van der Waals surface area contributed by atoms with Gasteiger partial charge in [0.05, 0.1) is 4.90 Å². The van der Waals surface area contributed by atoms with Gasteiger partial charge in [0.15, 0.2) is 5.96 Å². The standard InChI is InChI=1S/C21H28ClN5O2S/c1-23-21(24-15-17-7-3-5-9-19(17)22)25-16-18-8-4-6-10-20(18)30(28,29)27-13-11-26(2)12-14-27/h3-10H,11-16H2,1-2H3,(H2,23,24,25). The molecule has 0 atom stereocenters. The quantitative estimate of drug-likeness (QED) is 0.522. The molecule has 0 amide bonds. The van der Waals surface area contributed by atoms with Crippen molar-refractivity contribution >= 4 is 27.6 Å². The Kier molecular flexibility index (Phi) is 7.71. The Labute approximate surface area is 183 Å². The number of sulfonamides is 1. The molecule has 3 rings (SSSR count).